The van der Waals surface area contributed by atoms with E-state index >= 15 is 0 Å². The summed E-state index contributed by atoms with van der Waals surface area (Å²) >= 11 is 0. The van der Waals surface area contributed by atoms with Gasteiger partial charge < -0.3 is 20.3 Å². The number of nitrogens with one attached hydrogen (secondary N) is 2. The normalized spacial score (nSPS) is 33.0. The molecule has 1 aliphatic carbocycles. The zero-order valence-electron chi connectivity index (χ0n) is 12.7. The van der Waals surface area contributed by atoms with Gasteiger partial charge in [-0.2, -0.15) is 0 Å². The van der Waals surface area contributed by atoms with Gasteiger partial charge in [0.25, 0.3) is 0 Å². The Balaban J connectivity index is 1.73. The average Bonchev–Trinajstić information content (AvgIpc) is 3.19. The number of rotatable bonds is 4. The summed E-state index contributed by atoms with van der Waals surface area (Å²) in [4.78, 5) is 27.2. The maximum atomic E-state index is 13.0. The standard InChI is InChI=1S/C15H25N3O3/c1-2-15(5-6-16-10-15)14(20)18-7-8-21-9-12(18)13(19)17-11-3-4-11/h11-12,16H,2-10H2,1H3,(H,17,19). The molecule has 2 N–H and O–H groups in total. The van der Waals surface area contributed by atoms with Crippen LogP contribution in [0.25, 0.3) is 0 Å². The number of amides is 2. The third kappa shape index (κ3) is 2.92. The molecule has 118 valence electrons. The van der Waals surface area contributed by atoms with Gasteiger partial charge in [0, 0.05) is 19.1 Å². The highest BCUT2D eigenvalue weighted by Gasteiger charge is 2.46. The summed E-state index contributed by atoms with van der Waals surface area (Å²) in [5, 5.41) is 6.29. The van der Waals surface area contributed by atoms with E-state index in [4.69, 9.17) is 4.74 Å². The first-order valence-corrected chi connectivity index (χ1v) is 8.06. The number of hydrogen-bond acceptors (Lipinski definition) is 4. The maximum absolute atomic E-state index is 13.0. The van der Waals surface area contributed by atoms with Crippen molar-refractivity contribution in [3.8, 4) is 0 Å². The first kappa shape index (κ1) is 14.8. The van der Waals surface area contributed by atoms with E-state index in [1.807, 2.05) is 0 Å². The van der Waals surface area contributed by atoms with Crippen LogP contribution in [0.1, 0.15) is 32.6 Å². The van der Waals surface area contributed by atoms with Crippen molar-refractivity contribution in [2.75, 3.05) is 32.8 Å². The lowest BCUT2D eigenvalue weighted by Crippen LogP contribution is -2.59. The van der Waals surface area contributed by atoms with Gasteiger partial charge in [-0.05, 0) is 32.2 Å². The van der Waals surface area contributed by atoms with E-state index in [9.17, 15) is 9.59 Å². The summed E-state index contributed by atoms with van der Waals surface area (Å²) in [5.41, 5.74) is -0.338. The molecule has 2 aliphatic heterocycles. The van der Waals surface area contributed by atoms with E-state index in [-0.39, 0.29) is 17.2 Å². The monoisotopic (exact) mass is 295 g/mol. The molecule has 0 spiro atoms. The Morgan fingerprint density at radius 1 is 1.43 bits per heavy atom. The first-order valence-electron chi connectivity index (χ1n) is 8.06. The van der Waals surface area contributed by atoms with E-state index < -0.39 is 6.04 Å². The number of nitrogens with zero attached hydrogens (tertiary/aromatic N) is 1. The number of hydrogen-bond donors (Lipinski definition) is 2. The van der Waals surface area contributed by atoms with Crippen molar-refractivity contribution < 1.29 is 14.3 Å². The Bertz CT molecular complexity index is 416. The van der Waals surface area contributed by atoms with Crippen LogP contribution < -0.4 is 10.6 Å². The van der Waals surface area contributed by atoms with Crippen LogP contribution in [0.15, 0.2) is 0 Å². The van der Waals surface area contributed by atoms with Gasteiger partial charge in [-0.3, -0.25) is 9.59 Å². The largest absolute Gasteiger partial charge is 0.377 e. The molecule has 2 atom stereocenters. The summed E-state index contributed by atoms with van der Waals surface area (Å²) in [6.07, 6.45) is 3.77. The zero-order valence-corrected chi connectivity index (χ0v) is 12.7. The highest BCUT2D eigenvalue weighted by Crippen LogP contribution is 2.33. The Kier molecular flexibility index (Phi) is 4.17. The summed E-state index contributed by atoms with van der Waals surface area (Å²) in [6, 6.07) is -0.152. The summed E-state index contributed by atoms with van der Waals surface area (Å²) < 4.78 is 5.44. The Hall–Kier alpha value is -1.14. The van der Waals surface area contributed by atoms with Crippen LogP contribution in [-0.2, 0) is 14.3 Å². The fourth-order valence-electron chi connectivity index (χ4n) is 3.27. The molecule has 0 bridgehead atoms. The molecule has 0 aromatic carbocycles. The minimum Gasteiger partial charge on any atom is -0.377 e. The lowest BCUT2D eigenvalue weighted by molar-refractivity contribution is -0.156. The molecule has 0 aromatic heterocycles. The number of morpholine rings is 1. The smallest absolute Gasteiger partial charge is 0.245 e. The molecule has 2 amide bonds. The van der Waals surface area contributed by atoms with Gasteiger partial charge in [0.2, 0.25) is 11.8 Å². The maximum Gasteiger partial charge on any atom is 0.245 e. The second kappa shape index (κ2) is 5.93. The van der Waals surface area contributed by atoms with Crippen LogP contribution in [0.4, 0.5) is 0 Å². The van der Waals surface area contributed by atoms with Gasteiger partial charge in [-0.15, -0.1) is 0 Å². The lowest BCUT2D eigenvalue weighted by atomic mass is 9.82. The average molecular weight is 295 g/mol. The van der Waals surface area contributed by atoms with Crippen molar-refractivity contribution in [3.05, 3.63) is 0 Å². The quantitative estimate of drug-likeness (QED) is 0.759. The van der Waals surface area contributed by atoms with Crippen LogP contribution in [0.2, 0.25) is 0 Å². The van der Waals surface area contributed by atoms with Crippen molar-refractivity contribution in [1.29, 1.82) is 0 Å². The molecule has 0 aromatic rings. The fourth-order valence-corrected chi connectivity index (χ4v) is 3.27. The van der Waals surface area contributed by atoms with Gasteiger partial charge in [-0.1, -0.05) is 6.92 Å². The molecular formula is C15H25N3O3. The van der Waals surface area contributed by atoms with Crippen LogP contribution in [0.3, 0.4) is 0 Å². The van der Waals surface area contributed by atoms with E-state index in [0.29, 0.717) is 25.8 Å². The lowest BCUT2D eigenvalue weighted by Gasteiger charge is -2.40. The van der Waals surface area contributed by atoms with Gasteiger partial charge in [0.15, 0.2) is 0 Å². The minimum absolute atomic E-state index is 0.0530. The summed E-state index contributed by atoms with van der Waals surface area (Å²) in [6.45, 7) is 5.01. The van der Waals surface area contributed by atoms with Gasteiger partial charge >= 0.3 is 0 Å². The zero-order chi connectivity index (χ0) is 14.9. The molecule has 3 fully saturated rings. The predicted octanol–water partition coefficient (Wildman–Crippen LogP) is -0.118. The number of ether oxygens (including phenoxy) is 1. The molecule has 2 saturated heterocycles. The molecule has 2 unspecified atom stereocenters. The Labute approximate surface area is 125 Å². The molecule has 3 aliphatic rings. The van der Waals surface area contributed by atoms with Gasteiger partial charge in [0.05, 0.1) is 18.6 Å². The molecule has 1 saturated carbocycles. The molecule has 3 rings (SSSR count). The van der Waals surface area contributed by atoms with E-state index in [1.165, 1.54) is 0 Å². The van der Waals surface area contributed by atoms with Crippen molar-refractivity contribution in [2.45, 2.75) is 44.7 Å². The van der Waals surface area contributed by atoms with Crippen LogP contribution in [0.5, 0.6) is 0 Å². The van der Waals surface area contributed by atoms with Gasteiger partial charge in [0.1, 0.15) is 6.04 Å². The fraction of sp³-hybridized carbons (Fsp3) is 0.867. The van der Waals surface area contributed by atoms with Crippen molar-refractivity contribution in [2.24, 2.45) is 5.41 Å². The van der Waals surface area contributed by atoms with Crippen LogP contribution in [-0.4, -0.2) is 61.6 Å². The van der Waals surface area contributed by atoms with Crippen LogP contribution in [0, 0.1) is 5.41 Å². The predicted molar refractivity (Wildman–Crippen MR) is 77.7 cm³/mol. The third-order valence-corrected chi connectivity index (χ3v) is 4.99. The van der Waals surface area contributed by atoms with Crippen molar-refractivity contribution >= 4 is 11.8 Å². The summed E-state index contributed by atoms with van der Waals surface area (Å²) in [5.74, 6) is 0.0667. The van der Waals surface area contributed by atoms with Crippen molar-refractivity contribution in [1.82, 2.24) is 15.5 Å². The third-order valence-electron chi connectivity index (χ3n) is 4.99. The van der Waals surface area contributed by atoms with Gasteiger partial charge in [-0.25, -0.2) is 0 Å². The van der Waals surface area contributed by atoms with E-state index in [0.717, 1.165) is 38.8 Å². The first-order chi connectivity index (χ1) is 10.2. The number of carbonyl (C=O) groups is 2. The molecule has 0 radical (unpaired) electrons. The second-order valence-electron chi connectivity index (χ2n) is 6.43. The van der Waals surface area contributed by atoms with E-state index in [1.54, 1.807) is 4.90 Å². The van der Waals surface area contributed by atoms with Crippen LogP contribution >= 0.6 is 0 Å². The second-order valence-corrected chi connectivity index (χ2v) is 6.43. The highest BCUT2D eigenvalue weighted by atomic mass is 16.5. The number of carbonyl (C=O) groups excluding carboxylic acids is 2. The topological polar surface area (TPSA) is 70.7 Å². The highest BCUT2D eigenvalue weighted by molar-refractivity contribution is 5.91. The Morgan fingerprint density at radius 3 is 2.86 bits per heavy atom. The van der Waals surface area contributed by atoms with Crippen molar-refractivity contribution in [3.63, 3.8) is 0 Å². The van der Waals surface area contributed by atoms with E-state index in [2.05, 4.69) is 17.6 Å². The summed E-state index contributed by atoms with van der Waals surface area (Å²) in [7, 11) is 0. The molecule has 21 heavy (non-hydrogen) atoms. The molecular weight excluding hydrogens is 270 g/mol. The molecule has 2 heterocycles. The minimum atomic E-state index is -0.462. The molecule has 6 heteroatoms. The Morgan fingerprint density at radius 2 is 2.24 bits per heavy atom. The molecule has 6 nitrogen and oxygen atoms in total. The SMILES string of the molecule is CCC1(C(=O)N2CCOCC2C(=O)NC2CC2)CCNC1.